The third kappa shape index (κ3) is 51.9. The summed E-state index contributed by atoms with van der Waals surface area (Å²) in [7, 11) is 0. The molecule has 6 nitrogen and oxygen atoms in total. The van der Waals surface area contributed by atoms with Crippen LogP contribution in [0.25, 0.3) is 0 Å². The molecule has 0 amide bonds. The van der Waals surface area contributed by atoms with Gasteiger partial charge in [-0.2, -0.15) is 0 Å². The van der Waals surface area contributed by atoms with Crippen LogP contribution in [0.2, 0.25) is 0 Å². The van der Waals surface area contributed by atoms with Crippen molar-refractivity contribution < 1.29 is 28.6 Å². The van der Waals surface area contributed by atoms with Crippen molar-refractivity contribution in [2.75, 3.05) is 13.2 Å². The first kappa shape index (κ1) is 62.1. The zero-order valence-corrected chi connectivity index (χ0v) is 43.0. The van der Waals surface area contributed by atoms with Crippen LogP contribution in [0.15, 0.2) is 60.8 Å². The van der Waals surface area contributed by atoms with Gasteiger partial charge in [-0.3, -0.25) is 14.4 Å². The lowest BCUT2D eigenvalue weighted by Gasteiger charge is -2.18. The molecule has 0 aliphatic heterocycles. The molecule has 0 fully saturated rings. The van der Waals surface area contributed by atoms with Crippen LogP contribution in [0.5, 0.6) is 0 Å². The smallest absolute Gasteiger partial charge is 0.306 e. The normalized spacial score (nSPS) is 12.5. The van der Waals surface area contributed by atoms with Gasteiger partial charge in [-0.05, 0) is 83.5 Å². The van der Waals surface area contributed by atoms with Crippen molar-refractivity contribution in [1.82, 2.24) is 0 Å². The summed E-state index contributed by atoms with van der Waals surface area (Å²) in [6.07, 6.45) is 66.3. The Hall–Kier alpha value is -2.89. The van der Waals surface area contributed by atoms with Gasteiger partial charge in [0.15, 0.2) is 6.10 Å². The number of rotatable bonds is 50. The minimum absolute atomic E-state index is 0.0842. The van der Waals surface area contributed by atoms with Gasteiger partial charge in [0.2, 0.25) is 0 Å². The van der Waals surface area contributed by atoms with E-state index in [2.05, 4.69) is 81.5 Å². The molecule has 0 unspecified atom stereocenters. The van der Waals surface area contributed by atoms with E-state index in [1.165, 1.54) is 135 Å². The number of carbonyl (C=O) groups is 3. The zero-order chi connectivity index (χ0) is 47.2. The standard InChI is InChI=1S/C59H104O6/c1-4-7-10-13-16-19-22-25-28-29-32-34-37-40-43-46-49-52-58(61)64-55-56(65-59(62)53-50-47-44-41-38-35-31-27-24-21-18-15-12-9-6-3)54-63-57(60)51-48-45-42-39-36-33-30-26-23-20-17-14-11-8-5-2/h7,10,16,19,25-26,28,30,32,34,56H,4-6,8-9,11-15,17-18,20-24,27,29,31,33,35-55H2,1-3H3/b10-7-,19-16-,28-25-,30-26-,34-32-/t56-/m0/s1. The summed E-state index contributed by atoms with van der Waals surface area (Å²) in [5.41, 5.74) is 0. The van der Waals surface area contributed by atoms with E-state index in [0.29, 0.717) is 19.3 Å². The van der Waals surface area contributed by atoms with E-state index >= 15 is 0 Å². The monoisotopic (exact) mass is 909 g/mol. The van der Waals surface area contributed by atoms with Gasteiger partial charge in [-0.15, -0.1) is 0 Å². The second kappa shape index (κ2) is 53.7. The lowest BCUT2D eigenvalue weighted by molar-refractivity contribution is -0.167. The molecule has 6 heteroatoms. The average Bonchev–Trinajstić information content (AvgIpc) is 3.30. The molecule has 376 valence electrons. The van der Waals surface area contributed by atoms with Crippen LogP contribution in [0.3, 0.4) is 0 Å². The van der Waals surface area contributed by atoms with Gasteiger partial charge in [0.05, 0.1) is 0 Å². The Labute approximate surface area is 402 Å². The fraction of sp³-hybridized carbons (Fsp3) is 0.780. The first-order chi connectivity index (χ1) is 32.0. The van der Waals surface area contributed by atoms with Crippen molar-refractivity contribution in [3.8, 4) is 0 Å². The number of unbranched alkanes of at least 4 members (excludes halogenated alkanes) is 29. The van der Waals surface area contributed by atoms with Gasteiger partial charge in [0.25, 0.3) is 0 Å². The highest BCUT2D eigenvalue weighted by atomic mass is 16.6. The van der Waals surface area contributed by atoms with E-state index in [4.69, 9.17) is 14.2 Å². The molecule has 0 aromatic heterocycles. The maximum absolute atomic E-state index is 12.8. The van der Waals surface area contributed by atoms with Crippen LogP contribution in [0.4, 0.5) is 0 Å². The predicted octanol–water partition coefficient (Wildman–Crippen LogP) is 18.4. The van der Waals surface area contributed by atoms with Gasteiger partial charge < -0.3 is 14.2 Å². The Morgan fingerprint density at radius 1 is 0.323 bits per heavy atom. The SMILES string of the molecule is CC/C=C\C/C=C\C/C=C\C/C=C\CCCCCCC(=O)OC[C@H](COC(=O)CCCCCCC/C=C\CCCCCCCC)OC(=O)CCCCCCCCCCCCCCCCC. The highest BCUT2D eigenvalue weighted by Gasteiger charge is 2.19. The number of carbonyl (C=O) groups excluding carboxylic acids is 3. The molecule has 0 aromatic carbocycles. The molecule has 0 heterocycles. The lowest BCUT2D eigenvalue weighted by Crippen LogP contribution is -2.30. The topological polar surface area (TPSA) is 78.9 Å². The molecule has 0 N–H and O–H groups in total. The van der Waals surface area contributed by atoms with Crippen LogP contribution in [0.1, 0.15) is 278 Å². The van der Waals surface area contributed by atoms with E-state index < -0.39 is 6.10 Å². The first-order valence-corrected chi connectivity index (χ1v) is 27.8. The molecule has 0 radical (unpaired) electrons. The van der Waals surface area contributed by atoms with E-state index in [1.807, 2.05) is 0 Å². The summed E-state index contributed by atoms with van der Waals surface area (Å²) in [4.78, 5) is 38.1. The molecule has 0 aliphatic carbocycles. The van der Waals surface area contributed by atoms with E-state index in [9.17, 15) is 14.4 Å². The Kier molecular flexibility index (Phi) is 51.3. The van der Waals surface area contributed by atoms with Crippen molar-refractivity contribution in [2.45, 2.75) is 284 Å². The lowest BCUT2D eigenvalue weighted by atomic mass is 10.0. The van der Waals surface area contributed by atoms with Crippen LogP contribution in [-0.4, -0.2) is 37.2 Å². The number of esters is 3. The molecule has 0 spiro atoms. The number of hydrogen-bond acceptors (Lipinski definition) is 6. The van der Waals surface area contributed by atoms with Crippen molar-refractivity contribution in [2.24, 2.45) is 0 Å². The van der Waals surface area contributed by atoms with Crippen LogP contribution < -0.4 is 0 Å². The maximum atomic E-state index is 12.8. The fourth-order valence-electron chi connectivity index (χ4n) is 7.84. The molecular weight excluding hydrogens is 805 g/mol. The van der Waals surface area contributed by atoms with Crippen molar-refractivity contribution in [3.05, 3.63) is 60.8 Å². The van der Waals surface area contributed by atoms with Crippen LogP contribution in [-0.2, 0) is 28.6 Å². The van der Waals surface area contributed by atoms with Gasteiger partial charge in [0.1, 0.15) is 13.2 Å². The molecule has 0 aliphatic rings. The molecule has 1 atom stereocenters. The number of allylic oxidation sites excluding steroid dienone is 10. The Morgan fingerprint density at radius 2 is 0.600 bits per heavy atom. The van der Waals surface area contributed by atoms with E-state index in [-0.39, 0.29) is 31.1 Å². The minimum Gasteiger partial charge on any atom is -0.462 e. The second-order valence-electron chi connectivity index (χ2n) is 18.5. The summed E-state index contributed by atoms with van der Waals surface area (Å²) >= 11 is 0. The maximum Gasteiger partial charge on any atom is 0.306 e. The van der Waals surface area contributed by atoms with Gasteiger partial charge >= 0.3 is 17.9 Å². The molecule has 0 aromatic rings. The summed E-state index contributed by atoms with van der Waals surface area (Å²) in [6, 6.07) is 0. The van der Waals surface area contributed by atoms with Crippen molar-refractivity contribution in [1.29, 1.82) is 0 Å². The molecular formula is C59H104O6. The summed E-state index contributed by atoms with van der Waals surface area (Å²) < 4.78 is 16.8. The molecule has 0 saturated heterocycles. The Balaban J connectivity index is 4.41. The molecule has 0 rings (SSSR count). The van der Waals surface area contributed by atoms with Crippen LogP contribution >= 0.6 is 0 Å². The largest absolute Gasteiger partial charge is 0.462 e. The average molecular weight is 909 g/mol. The molecule has 0 bridgehead atoms. The number of ether oxygens (including phenoxy) is 3. The van der Waals surface area contributed by atoms with Crippen molar-refractivity contribution in [3.63, 3.8) is 0 Å². The van der Waals surface area contributed by atoms with Crippen LogP contribution in [0, 0.1) is 0 Å². The Morgan fingerprint density at radius 3 is 0.954 bits per heavy atom. The highest BCUT2D eigenvalue weighted by molar-refractivity contribution is 5.71. The first-order valence-electron chi connectivity index (χ1n) is 27.8. The summed E-state index contributed by atoms with van der Waals surface area (Å²) in [6.45, 7) is 6.52. The Bertz CT molecular complexity index is 1180. The molecule has 0 saturated carbocycles. The highest BCUT2D eigenvalue weighted by Crippen LogP contribution is 2.16. The summed E-state index contributed by atoms with van der Waals surface area (Å²) in [5.74, 6) is -0.906. The zero-order valence-electron chi connectivity index (χ0n) is 43.0. The molecule has 65 heavy (non-hydrogen) atoms. The van der Waals surface area contributed by atoms with Crippen molar-refractivity contribution >= 4 is 17.9 Å². The van der Waals surface area contributed by atoms with Gasteiger partial charge in [-0.25, -0.2) is 0 Å². The van der Waals surface area contributed by atoms with Gasteiger partial charge in [-0.1, -0.05) is 236 Å². The third-order valence-electron chi connectivity index (χ3n) is 12.0. The number of hydrogen-bond donors (Lipinski definition) is 0. The summed E-state index contributed by atoms with van der Waals surface area (Å²) in [5, 5.41) is 0. The third-order valence-corrected chi connectivity index (χ3v) is 12.0. The predicted molar refractivity (Wildman–Crippen MR) is 279 cm³/mol. The van der Waals surface area contributed by atoms with E-state index in [0.717, 1.165) is 103 Å². The van der Waals surface area contributed by atoms with Gasteiger partial charge in [0, 0.05) is 19.3 Å². The van der Waals surface area contributed by atoms with E-state index in [1.54, 1.807) is 0 Å². The fourth-order valence-corrected chi connectivity index (χ4v) is 7.84. The quantitative estimate of drug-likeness (QED) is 0.0262. The second-order valence-corrected chi connectivity index (χ2v) is 18.5. The minimum atomic E-state index is -0.785.